The highest BCUT2D eigenvalue weighted by Gasteiger charge is 2.53. The molecule has 34 heavy (non-hydrogen) atoms. The van der Waals surface area contributed by atoms with Crippen LogP contribution in [0.5, 0.6) is 0 Å². The summed E-state index contributed by atoms with van der Waals surface area (Å²) in [7, 11) is 0. The Kier molecular flexibility index (Phi) is 7.35. The molecule has 1 aromatic rings. The van der Waals surface area contributed by atoms with E-state index in [1.165, 1.54) is 12.6 Å². The first-order valence-electron chi connectivity index (χ1n) is 12.6. The van der Waals surface area contributed by atoms with Crippen LogP contribution in [0.3, 0.4) is 0 Å². The van der Waals surface area contributed by atoms with Gasteiger partial charge in [0.1, 0.15) is 6.10 Å². The number of benzene rings is 1. The molecule has 0 aromatic heterocycles. The monoisotopic (exact) mass is 464 g/mol. The molecule has 6 heteroatoms. The van der Waals surface area contributed by atoms with Crippen molar-refractivity contribution in [2.75, 3.05) is 37.6 Å². The van der Waals surface area contributed by atoms with Gasteiger partial charge >= 0.3 is 5.97 Å². The second-order valence-electron chi connectivity index (χ2n) is 10.6. The summed E-state index contributed by atoms with van der Waals surface area (Å²) in [6.07, 6.45) is 5.73. The van der Waals surface area contributed by atoms with Crippen molar-refractivity contribution in [1.29, 1.82) is 5.26 Å². The van der Waals surface area contributed by atoms with E-state index in [1.54, 1.807) is 0 Å². The minimum absolute atomic E-state index is 0.0537. The van der Waals surface area contributed by atoms with Gasteiger partial charge in [-0.1, -0.05) is 19.9 Å². The normalized spacial score (nSPS) is 32.8. The lowest BCUT2D eigenvalue weighted by atomic mass is 9.57. The second kappa shape index (κ2) is 10.1. The molecule has 2 fully saturated rings. The van der Waals surface area contributed by atoms with Gasteiger partial charge in [-0.2, -0.15) is 5.26 Å². The van der Waals surface area contributed by atoms with Crippen LogP contribution in [0.4, 0.5) is 5.69 Å². The molecule has 1 heterocycles. The van der Waals surface area contributed by atoms with Crippen molar-refractivity contribution < 1.29 is 14.6 Å². The fraction of sp³-hybridized carbons (Fsp3) is 0.607. The average Bonchev–Trinajstić information content (AvgIpc) is 2.81. The first-order valence-corrected chi connectivity index (χ1v) is 12.6. The van der Waals surface area contributed by atoms with E-state index in [-0.39, 0.29) is 17.8 Å². The molecule has 4 rings (SSSR count). The van der Waals surface area contributed by atoms with Crippen LogP contribution in [0, 0.1) is 41.4 Å². The van der Waals surface area contributed by atoms with Gasteiger partial charge in [0.2, 0.25) is 0 Å². The molecule has 3 aliphatic rings. The zero-order valence-corrected chi connectivity index (χ0v) is 20.9. The summed E-state index contributed by atoms with van der Waals surface area (Å²) in [6.45, 7) is 12.9. The third kappa shape index (κ3) is 5.01. The van der Waals surface area contributed by atoms with Crippen molar-refractivity contribution in [3.05, 3.63) is 47.9 Å². The van der Waals surface area contributed by atoms with Crippen LogP contribution in [-0.4, -0.2) is 60.4 Å². The number of hydrogen-bond donors (Lipinski definition) is 1. The molecule has 1 aliphatic heterocycles. The predicted octanol–water partition coefficient (Wildman–Crippen LogP) is 3.81. The Morgan fingerprint density at radius 2 is 1.91 bits per heavy atom. The molecule has 1 unspecified atom stereocenters. The summed E-state index contributed by atoms with van der Waals surface area (Å²) in [5.74, 6) is 0.720. The van der Waals surface area contributed by atoms with Gasteiger partial charge in [0.25, 0.3) is 0 Å². The Balaban J connectivity index is 1.39. The summed E-state index contributed by atoms with van der Waals surface area (Å²) >= 11 is 0. The SMILES string of the molecule is CC(=O)O[C@@H]1[CH][C@@]2(O)[C@H](C)CC[C@@H](C(C)CN3CCN(c4ccc(C#N)cc4)CC3)[C@H]2C=C1C. The lowest BCUT2D eigenvalue weighted by Crippen LogP contribution is -2.57. The number of carbonyl (C=O) groups excluding carboxylic acids is 1. The topological polar surface area (TPSA) is 76.8 Å². The summed E-state index contributed by atoms with van der Waals surface area (Å²) in [5.41, 5.74) is 1.96. The molecule has 6 atom stereocenters. The number of rotatable bonds is 5. The van der Waals surface area contributed by atoms with Gasteiger partial charge in [-0.15, -0.1) is 0 Å². The smallest absolute Gasteiger partial charge is 0.303 e. The molecule has 0 bridgehead atoms. The molecule has 183 valence electrons. The van der Waals surface area contributed by atoms with E-state index in [4.69, 9.17) is 10.00 Å². The minimum Gasteiger partial charge on any atom is -0.458 e. The quantitative estimate of drug-likeness (QED) is 0.528. The van der Waals surface area contributed by atoms with E-state index in [1.807, 2.05) is 37.6 Å². The van der Waals surface area contributed by atoms with Crippen LogP contribution in [0.2, 0.25) is 0 Å². The maximum atomic E-state index is 11.8. The van der Waals surface area contributed by atoms with E-state index in [0.29, 0.717) is 17.4 Å². The Morgan fingerprint density at radius 1 is 1.24 bits per heavy atom. The molecule has 1 aromatic carbocycles. The van der Waals surface area contributed by atoms with Crippen molar-refractivity contribution in [2.24, 2.45) is 23.7 Å². The fourth-order valence-electron chi connectivity index (χ4n) is 6.23. The fourth-order valence-corrected chi connectivity index (χ4v) is 6.23. The van der Waals surface area contributed by atoms with Crippen molar-refractivity contribution in [3.63, 3.8) is 0 Å². The molecular weight excluding hydrogens is 426 g/mol. The number of aliphatic hydroxyl groups is 1. The Hall–Kier alpha value is -2.36. The number of hydrogen-bond acceptors (Lipinski definition) is 6. The third-order valence-electron chi connectivity index (χ3n) is 8.33. The average molecular weight is 465 g/mol. The van der Waals surface area contributed by atoms with Gasteiger partial charge in [-0.05, 0) is 67.4 Å². The molecular formula is C28H38N3O3. The van der Waals surface area contributed by atoms with E-state index < -0.39 is 11.7 Å². The van der Waals surface area contributed by atoms with Crippen molar-refractivity contribution in [2.45, 2.75) is 52.2 Å². The predicted molar refractivity (Wildman–Crippen MR) is 133 cm³/mol. The number of piperazine rings is 1. The van der Waals surface area contributed by atoms with Gasteiger partial charge in [0.05, 0.1) is 17.2 Å². The Morgan fingerprint density at radius 3 is 2.53 bits per heavy atom. The highest BCUT2D eigenvalue weighted by molar-refractivity contribution is 5.66. The Labute approximate surface area is 204 Å². The summed E-state index contributed by atoms with van der Waals surface area (Å²) in [6, 6.07) is 10.0. The zero-order valence-electron chi connectivity index (χ0n) is 20.9. The summed E-state index contributed by atoms with van der Waals surface area (Å²) in [5, 5.41) is 20.8. The highest BCUT2D eigenvalue weighted by Crippen LogP contribution is 2.50. The first-order chi connectivity index (χ1) is 16.2. The van der Waals surface area contributed by atoms with Crippen LogP contribution < -0.4 is 4.90 Å². The molecule has 0 spiro atoms. The van der Waals surface area contributed by atoms with Crippen LogP contribution in [0.25, 0.3) is 0 Å². The number of fused-ring (bicyclic) bond motifs is 1. The van der Waals surface area contributed by atoms with E-state index in [2.05, 4.69) is 35.8 Å². The molecule has 1 radical (unpaired) electrons. The van der Waals surface area contributed by atoms with Gasteiger partial charge in [-0.3, -0.25) is 9.69 Å². The van der Waals surface area contributed by atoms with E-state index in [0.717, 1.165) is 51.1 Å². The molecule has 2 aliphatic carbocycles. The largest absolute Gasteiger partial charge is 0.458 e. The number of nitrogens with zero attached hydrogens (tertiary/aromatic N) is 3. The number of carbonyl (C=O) groups is 1. The molecule has 1 saturated carbocycles. The van der Waals surface area contributed by atoms with Crippen molar-refractivity contribution in [3.8, 4) is 6.07 Å². The number of ether oxygens (including phenoxy) is 1. The van der Waals surface area contributed by atoms with Crippen molar-refractivity contribution >= 4 is 11.7 Å². The number of esters is 1. The van der Waals surface area contributed by atoms with Crippen molar-refractivity contribution in [1.82, 2.24) is 4.90 Å². The number of nitriles is 1. The zero-order chi connectivity index (χ0) is 24.5. The molecule has 1 N–H and O–H groups in total. The lowest BCUT2D eigenvalue weighted by Gasteiger charge is -2.53. The molecule has 0 amide bonds. The van der Waals surface area contributed by atoms with Gasteiger partial charge < -0.3 is 14.7 Å². The van der Waals surface area contributed by atoms with Gasteiger partial charge in [-0.25, -0.2) is 0 Å². The highest BCUT2D eigenvalue weighted by atomic mass is 16.5. The third-order valence-corrected chi connectivity index (χ3v) is 8.33. The van der Waals surface area contributed by atoms with Crippen LogP contribution in [0.15, 0.2) is 35.9 Å². The summed E-state index contributed by atoms with van der Waals surface area (Å²) in [4.78, 5) is 16.5. The standard InChI is InChI=1S/C28H38N3O3/c1-19-15-26-25(10-5-21(3)28(26,33)16-27(19)34-22(4)32)20(2)18-30-11-13-31(14-12-30)24-8-6-23(17-29)7-9-24/h6-9,15-16,20-21,25-27,33H,5,10-14,18H2,1-4H3/t20?,21-,25+,26-,27-,28-/m1/s1. The maximum Gasteiger partial charge on any atom is 0.303 e. The minimum atomic E-state index is -0.939. The number of anilines is 1. The molecule has 1 saturated heterocycles. The lowest BCUT2D eigenvalue weighted by molar-refractivity contribution is -0.148. The van der Waals surface area contributed by atoms with Crippen LogP contribution in [-0.2, 0) is 9.53 Å². The van der Waals surface area contributed by atoms with E-state index >= 15 is 0 Å². The first kappa shape index (κ1) is 24.8. The maximum absolute atomic E-state index is 11.8. The van der Waals surface area contributed by atoms with E-state index in [9.17, 15) is 9.90 Å². The van der Waals surface area contributed by atoms with Crippen LogP contribution in [0.1, 0.15) is 46.1 Å². The van der Waals surface area contributed by atoms with Gasteiger partial charge in [0, 0.05) is 57.7 Å². The Bertz CT molecular complexity index is 945. The molecule has 6 nitrogen and oxygen atoms in total. The van der Waals surface area contributed by atoms with Gasteiger partial charge in [0.15, 0.2) is 0 Å². The summed E-state index contributed by atoms with van der Waals surface area (Å²) < 4.78 is 5.49. The second-order valence-corrected chi connectivity index (χ2v) is 10.6. The van der Waals surface area contributed by atoms with Crippen LogP contribution >= 0.6 is 0 Å².